The van der Waals surface area contributed by atoms with Gasteiger partial charge in [0.2, 0.25) is 0 Å². The third-order valence-corrected chi connectivity index (χ3v) is 4.11. The van der Waals surface area contributed by atoms with Crippen molar-refractivity contribution in [1.82, 2.24) is 4.57 Å². The Hall–Kier alpha value is -1.11. The third kappa shape index (κ3) is 3.26. The van der Waals surface area contributed by atoms with Crippen LogP contribution in [0.4, 0.5) is 0 Å². The van der Waals surface area contributed by atoms with E-state index in [1.54, 1.807) is 17.5 Å². The third-order valence-electron chi connectivity index (χ3n) is 2.54. The highest BCUT2D eigenvalue weighted by atomic mass is 79.9. The Balaban J connectivity index is 2.45. The zero-order valence-electron chi connectivity index (χ0n) is 9.60. The van der Waals surface area contributed by atoms with Crippen LogP contribution in [-0.2, 0) is 11.3 Å². The number of halogens is 2. The SMILES string of the molecule is O=C(O)CCn1c(-c2ccc(Br)cc2Cl)csc1=O. The zero-order chi connectivity index (χ0) is 14.0. The molecule has 0 fully saturated rings. The van der Waals surface area contributed by atoms with E-state index in [0.717, 1.165) is 15.8 Å². The van der Waals surface area contributed by atoms with E-state index >= 15 is 0 Å². The molecule has 7 heteroatoms. The number of nitrogens with zero attached hydrogens (tertiary/aromatic N) is 1. The number of aliphatic carboxylic acids is 1. The Labute approximate surface area is 126 Å². The zero-order valence-corrected chi connectivity index (χ0v) is 12.8. The van der Waals surface area contributed by atoms with Gasteiger partial charge < -0.3 is 5.11 Å². The van der Waals surface area contributed by atoms with E-state index in [9.17, 15) is 9.59 Å². The van der Waals surface area contributed by atoms with E-state index in [2.05, 4.69) is 15.9 Å². The average molecular weight is 363 g/mol. The van der Waals surface area contributed by atoms with Gasteiger partial charge in [0, 0.05) is 22.0 Å². The maximum Gasteiger partial charge on any atom is 0.307 e. The van der Waals surface area contributed by atoms with Gasteiger partial charge in [-0.3, -0.25) is 14.2 Å². The number of aromatic nitrogens is 1. The van der Waals surface area contributed by atoms with E-state index in [1.165, 1.54) is 4.57 Å². The summed E-state index contributed by atoms with van der Waals surface area (Å²) in [6.45, 7) is 0.138. The van der Waals surface area contributed by atoms with Crippen LogP contribution >= 0.6 is 38.9 Å². The van der Waals surface area contributed by atoms with Gasteiger partial charge in [0.15, 0.2) is 0 Å². The molecular formula is C12H9BrClNO3S. The predicted octanol–water partition coefficient (Wildman–Crippen LogP) is 3.47. The smallest absolute Gasteiger partial charge is 0.307 e. The Kier molecular flexibility index (Phi) is 4.44. The van der Waals surface area contributed by atoms with Gasteiger partial charge in [0.1, 0.15) is 0 Å². The number of rotatable bonds is 4. The van der Waals surface area contributed by atoms with Crippen LogP contribution in [0.2, 0.25) is 5.02 Å². The average Bonchev–Trinajstić information content (AvgIpc) is 2.68. The molecule has 1 N–H and O–H groups in total. The monoisotopic (exact) mass is 361 g/mol. The summed E-state index contributed by atoms with van der Waals surface area (Å²) in [5.74, 6) is -0.939. The van der Waals surface area contributed by atoms with Crippen molar-refractivity contribution in [2.45, 2.75) is 13.0 Å². The van der Waals surface area contributed by atoms with Crippen LogP contribution in [0.15, 0.2) is 32.8 Å². The standard InChI is InChI=1S/C12H9BrClNO3S/c13-7-1-2-8(9(14)5-7)10-6-19-12(18)15(10)4-3-11(16)17/h1-2,5-6H,3-4H2,(H,16,17). The second-order valence-corrected chi connectivity index (χ2v) is 5.95. The summed E-state index contributed by atoms with van der Waals surface area (Å²) in [6, 6.07) is 5.36. The van der Waals surface area contributed by atoms with E-state index in [4.69, 9.17) is 16.7 Å². The van der Waals surface area contributed by atoms with Crippen molar-refractivity contribution in [2.75, 3.05) is 0 Å². The molecule has 0 aliphatic heterocycles. The fourth-order valence-corrected chi connectivity index (χ4v) is 3.21. The lowest BCUT2D eigenvalue weighted by Gasteiger charge is -2.08. The lowest BCUT2D eigenvalue weighted by molar-refractivity contribution is -0.137. The second kappa shape index (κ2) is 5.90. The Morgan fingerprint density at radius 3 is 2.84 bits per heavy atom. The van der Waals surface area contributed by atoms with E-state index in [-0.39, 0.29) is 17.8 Å². The molecule has 2 rings (SSSR count). The van der Waals surface area contributed by atoms with Gasteiger partial charge in [-0.1, -0.05) is 44.9 Å². The van der Waals surface area contributed by atoms with Gasteiger partial charge in [-0.05, 0) is 12.1 Å². The van der Waals surface area contributed by atoms with Gasteiger partial charge >= 0.3 is 10.8 Å². The molecule has 0 bridgehead atoms. The van der Waals surface area contributed by atoms with E-state index < -0.39 is 5.97 Å². The molecule has 2 aromatic rings. The number of benzene rings is 1. The molecule has 1 aromatic heterocycles. The first-order chi connectivity index (χ1) is 8.99. The summed E-state index contributed by atoms with van der Waals surface area (Å²) in [5.41, 5.74) is 1.36. The highest BCUT2D eigenvalue weighted by Gasteiger charge is 2.13. The van der Waals surface area contributed by atoms with Gasteiger partial charge in [-0.25, -0.2) is 0 Å². The van der Waals surface area contributed by atoms with Crippen molar-refractivity contribution in [3.8, 4) is 11.3 Å². The summed E-state index contributed by atoms with van der Waals surface area (Å²) in [5, 5.41) is 10.9. The second-order valence-electron chi connectivity index (χ2n) is 3.81. The van der Waals surface area contributed by atoms with Gasteiger partial charge in [-0.2, -0.15) is 0 Å². The maximum absolute atomic E-state index is 11.7. The van der Waals surface area contributed by atoms with Gasteiger partial charge in [-0.15, -0.1) is 0 Å². The molecule has 1 aromatic carbocycles. The molecule has 0 aliphatic rings. The topological polar surface area (TPSA) is 59.3 Å². The van der Waals surface area contributed by atoms with Crippen molar-refractivity contribution in [2.24, 2.45) is 0 Å². The van der Waals surface area contributed by atoms with Crippen molar-refractivity contribution in [3.63, 3.8) is 0 Å². The van der Waals surface area contributed by atoms with Gasteiger partial charge in [0.25, 0.3) is 0 Å². The summed E-state index contributed by atoms with van der Waals surface area (Å²) in [6.07, 6.45) is -0.0994. The van der Waals surface area contributed by atoms with Gasteiger partial charge in [0.05, 0.1) is 17.1 Å². The molecule has 0 aliphatic carbocycles. The van der Waals surface area contributed by atoms with Crippen molar-refractivity contribution < 1.29 is 9.90 Å². The van der Waals surface area contributed by atoms with Crippen LogP contribution < -0.4 is 4.87 Å². The molecule has 1 heterocycles. The van der Waals surface area contributed by atoms with Crippen LogP contribution in [0, 0.1) is 0 Å². The molecule has 19 heavy (non-hydrogen) atoms. The molecule has 0 spiro atoms. The predicted molar refractivity (Wildman–Crippen MR) is 79.0 cm³/mol. The molecular weight excluding hydrogens is 354 g/mol. The molecule has 4 nitrogen and oxygen atoms in total. The number of carboxylic acids is 1. The van der Waals surface area contributed by atoms with Crippen LogP contribution in [0.25, 0.3) is 11.3 Å². The van der Waals surface area contributed by atoms with Crippen LogP contribution in [-0.4, -0.2) is 15.6 Å². The number of carboxylic acid groups (broad SMARTS) is 1. The maximum atomic E-state index is 11.7. The molecule has 0 saturated heterocycles. The number of hydrogen-bond donors (Lipinski definition) is 1. The molecule has 0 saturated carbocycles. The van der Waals surface area contributed by atoms with Crippen molar-refractivity contribution in [1.29, 1.82) is 0 Å². The van der Waals surface area contributed by atoms with Crippen LogP contribution in [0.1, 0.15) is 6.42 Å². The lowest BCUT2D eigenvalue weighted by Crippen LogP contribution is -2.16. The fourth-order valence-electron chi connectivity index (χ4n) is 1.66. The first-order valence-corrected chi connectivity index (χ1v) is 7.39. The minimum absolute atomic E-state index is 0.0994. The minimum atomic E-state index is -0.939. The quantitative estimate of drug-likeness (QED) is 0.906. The Morgan fingerprint density at radius 2 is 2.21 bits per heavy atom. The lowest BCUT2D eigenvalue weighted by atomic mass is 10.1. The molecule has 0 radical (unpaired) electrons. The first kappa shape index (κ1) is 14.3. The fraction of sp³-hybridized carbons (Fsp3) is 0.167. The number of hydrogen-bond acceptors (Lipinski definition) is 3. The normalized spacial score (nSPS) is 10.6. The number of thiazole rings is 1. The van der Waals surface area contributed by atoms with Crippen molar-refractivity contribution in [3.05, 3.63) is 42.7 Å². The van der Waals surface area contributed by atoms with Crippen LogP contribution in [0.5, 0.6) is 0 Å². The Bertz CT molecular complexity index is 680. The molecule has 100 valence electrons. The van der Waals surface area contributed by atoms with E-state index in [0.29, 0.717) is 16.3 Å². The molecule has 0 unspecified atom stereocenters. The van der Waals surface area contributed by atoms with Crippen molar-refractivity contribution >= 4 is 44.8 Å². The first-order valence-electron chi connectivity index (χ1n) is 5.34. The van der Waals surface area contributed by atoms with Crippen LogP contribution in [0.3, 0.4) is 0 Å². The highest BCUT2D eigenvalue weighted by Crippen LogP contribution is 2.30. The number of carbonyl (C=O) groups is 1. The Morgan fingerprint density at radius 1 is 1.47 bits per heavy atom. The van der Waals surface area contributed by atoms with E-state index in [1.807, 2.05) is 6.07 Å². The largest absolute Gasteiger partial charge is 0.481 e. The summed E-state index contributed by atoms with van der Waals surface area (Å²) < 4.78 is 2.28. The molecule has 0 amide bonds. The summed E-state index contributed by atoms with van der Waals surface area (Å²) in [4.78, 5) is 22.2. The summed E-state index contributed by atoms with van der Waals surface area (Å²) in [7, 11) is 0. The summed E-state index contributed by atoms with van der Waals surface area (Å²) >= 11 is 10.5. The molecule has 0 atom stereocenters. The minimum Gasteiger partial charge on any atom is -0.481 e. The highest BCUT2D eigenvalue weighted by molar-refractivity contribution is 9.10.